The highest BCUT2D eigenvalue weighted by Crippen LogP contribution is 2.24. The van der Waals surface area contributed by atoms with E-state index in [1.54, 1.807) is 0 Å². The molecule has 0 radical (unpaired) electrons. The monoisotopic (exact) mass is 222 g/mol. The van der Waals surface area contributed by atoms with Gasteiger partial charge in [0.15, 0.2) is 6.61 Å². The number of ether oxygens (including phenoxy) is 1. The van der Waals surface area contributed by atoms with E-state index in [1.807, 2.05) is 26.0 Å². The SMILES string of the molecule is Cc1cc(CCN)cc(C)c1OCC(N)=O. The van der Waals surface area contributed by atoms with Crippen LogP contribution in [0.2, 0.25) is 0 Å². The number of hydrogen-bond donors (Lipinski definition) is 2. The molecule has 4 heteroatoms. The Balaban J connectivity index is 2.89. The highest BCUT2D eigenvalue weighted by Gasteiger charge is 2.07. The van der Waals surface area contributed by atoms with Crippen molar-refractivity contribution >= 4 is 5.91 Å². The van der Waals surface area contributed by atoms with Crippen molar-refractivity contribution in [3.05, 3.63) is 28.8 Å². The summed E-state index contributed by atoms with van der Waals surface area (Å²) in [4.78, 5) is 10.6. The smallest absolute Gasteiger partial charge is 0.255 e. The molecule has 1 rings (SSSR count). The zero-order valence-electron chi connectivity index (χ0n) is 9.75. The molecule has 1 aromatic rings. The number of hydrogen-bond acceptors (Lipinski definition) is 3. The van der Waals surface area contributed by atoms with Crippen LogP contribution in [-0.2, 0) is 11.2 Å². The molecule has 1 amide bonds. The fraction of sp³-hybridized carbons (Fsp3) is 0.417. The van der Waals surface area contributed by atoms with E-state index in [0.717, 1.165) is 23.3 Å². The fourth-order valence-corrected chi connectivity index (χ4v) is 1.72. The Bertz CT molecular complexity index is 366. The van der Waals surface area contributed by atoms with Crippen molar-refractivity contribution < 1.29 is 9.53 Å². The molecule has 0 bridgehead atoms. The van der Waals surface area contributed by atoms with Gasteiger partial charge >= 0.3 is 0 Å². The maximum Gasteiger partial charge on any atom is 0.255 e. The summed E-state index contributed by atoms with van der Waals surface area (Å²) in [6, 6.07) is 4.05. The van der Waals surface area contributed by atoms with Crippen molar-refractivity contribution in [2.24, 2.45) is 11.5 Å². The lowest BCUT2D eigenvalue weighted by atomic mass is 10.0. The van der Waals surface area contributed by atoms with Gasteiger partial charge in [-0.25, -0.2) is 0 Å². The van der Waals surface area contributed by atoms with Gasteiger partial charge in [-0.3, -0.25) is 4.79 Å². The molecule has 0 aliphatic carbocycles. The first-order valence-electron chi connectivity index (χ1n) is 5.26. The van der Waals surface area contributed by atoms with Crippen molar-refractivity contribution in [2.45, 2.75) is 20.3 Å². The predicted octanol–water partition coefficient (Wildman–Crippen LogP) is 0.669. The molecule has 0 saturated heterocycles. The minimum Gasteiger partial charge on any atom is -0.483 e. The largest absolute Gasteiger partial charge is 0.483 e. The summed E-state index contributed by atoms with van der Waals surface area (Å²) in [5.41, 5.74) is 13.7. The van der Waals surface area contributed by atoms with Crippen LogP contribution in [0.15, 0.2) is 12.1 Å². The minimum absolute atomic E-state index is 0.0854. The van der Waals surface area contributed by atoms with Crippen LogP contribution in [0.5, 0.6) is 5.75 Å². The summed E-state index contributed by atoms with van der Waals surface area (Å²) in [7, 11) is 0. The Kier molecular flexibility index (Phi) is 4.31. The summed E-state index contributed by atoms with van der Waals surface area (Å²) < 4.78 is 5.36. The lowest BCUT2D eigenvalue weighted by molar-refractivity contribution is -0.119. The van der Waals surface area contributed by atoms with Gasteiger partial charge in [0.2, 0.25) is 0 Å². The normalized spacial score (nSPS) is 10.2. The van der Waals surface area contributed by atoms with Gasteiger partial charge in [-0.15, -0.1) is 0 Å². The summed E-state index contributed by atoms with van der Waals surface area (Å²) >= 11 is 0. The van der Waals surface area contributed by atoms with Crippen molar-refractivity contribution in [1.29, 1.82) is 0 Å². The summed E-state index contributed by atoms with van der Waals surface area (Å²) in [5, 5.41) is 0. The van der Waals surface area contributed by atoms with E-state index in [2.05, 4.69) is 0 Å². The molecule has 0 heterocycles. The van der Waals surface area contributed by atoms with Gasteiger partial charge in [-0.2, -0.15) is 0 Å². The molecule has 0 unspecified atom stereocenters. The molecule has 0 atom stereocenters. The molecule has 0 aliphatic heterocycles. The summed E-state index contributed by atoms with van der Waals surface area (Å²) in [6.45, 7) is 4.44. The van der Waals surface area contributed by atoms with E-state index >= 15 is 0 Å². The van der Waals surface area contributed by atoms with Crippen LogP contribution in [0.25, 0.3) is 0 Å². The van der Waals surface area contributed by atoms with Gasteiger partial charge in [0.25, 0.3) is 5.91 Å². The quantitative estimate of drug-likeness (QED) is 0.768. The van der Waals surface area contributed by atoms with Gasteiger partial charge in [0.1, 0.15) is 5.75 Å². The van der Waals surface area contributed by atoms with E-state index in [1.165, 1.54) is 5.56 Å². The number of benzene rings is 1. The Hall–Kier alpha value is -1.55. The highest BCUT2D eigenvalue weighted by atomic mass is 16.5. The van der Waals surface area contributed by atoms with Crippen LogP contribution in [-0.4, -0.2) is 19.1 Å². The standard InChI is InChI=1S/C12H18N2O2/c1-8-5-10(3-4-13)6-9(2)12(8)16-7-11(14)15/h5-6H,3-4,7,13H2,1-2H3,(H2,14,15). The second kappa shape index (κ2) is 5.51. The Morgan fingerprint density at radius 3 is 2.31 bits per heavy atom. The number of carbonyl (C=O) groups is 1. The van der Waals surface area contributed by atoms with Gasteiger partial charge in [-0.1, -0.05) is 12.1 Å². The number of nitrogens with two attached hydrogens (primary N) is 2. The number of amides is 1. The maximum absolute atomic E-state index is 10.6. The number of rotatable bonds is 5. The van der Waals surface area contributed by atoms with Crippen LogP contribution in [0.4, 0.5) is 0 Å². The molecule has 0 fully saturated rings. The van der Waals surface area contributed by atoms with Crippen LogP contribution in [0, 0.1) is 13.8 Å². The van der Waals surface area contributed by atoms with Crippen LogP contribution < -0.4 is 16.2 Å². The second-order valence-corrected chi connectivity index (χ2v) is 3.85. The maximum atomic E-state index is 10.6. The molecule has 0 aromatic heterocycles. The predicted molar refractivity (Wildman–Crippen MR) is 63.4 cm³/mol. The van der Waals surface area contributed by atoms with E-state index in [4.69, 9.17) is 16.2 Å². The fourth-order valence-electron chi connectivity index (χ4n) is 1.72. The minimum atomic E-state index is -0.468. The molecule has 0 spiro atoms. The van der Waals surface area contributed by atoms with Gasteiger partial charge in [-0.05, 0) is 43.5 Å². The van der Waals surface area contributed by atoms with Crippen molar-refractivity contribution in [2.75, 3.05) is 13.2 Å². The van der Waals surface area contributed by atoms with Crippen molar-refractivity contribution in [3.8, 4) is 5.75 Å². The average molecular weight is 222 g/mol. The molecular formula is C12H18N2O2. The first-order valence-corrected chi connectivity index (χ1v) is 5.26. The van der Waals surface area contributed by atoms with E-state index in [-0.39, 0.29) is 6.61 Å². The average Bonchev–Trinajstić information content (AvgIpc) is 2.16. The van der Waals surface area contributed by atoms with Crippen molar-refractivity contribution in [1.82, 2.24) is 0 Å². The van der Waals surface area contributed by atoms with E-state index in [9.17, 15) is 4.79 Å². The number of primary amides is 1. The first-order chi connectivity index (χ1) is 7.54. The summed E-state index contributed by atoms with van der Waals surface area (Å²) in [5.74, 6) is 0.268. The Labute approximate surface area is 95.6 Å². The zero-order valence-corrected chi connectivity index (χ0v) is 9.75. The van der Waals surface area contributed by atoms with Crippen LogP contribution in [0.1, 0.15) is 16.7 Å². The number of carbonyl (C=O) groups excluding carboxylic acids is 1. The molecule has 0 saturated carbocycles. The van der Waals surface area contributed by atoms with Gasteiger partial charge in [0.05, 0.1) is 0 Å². The molecule has 1 aromatic carbocycles. The van der Waals surface area contributed by atoms with E-state index in [0.29, 0.717) is 6.54 Å². The third-order valence-corrected chi connectivity index (χ3v) is 2.31. The molecule has 4 N–H and O–H groups in total. The third kappa shape index (κ3) is 3.24. The molecular weight excluding hydrogens is 204 g/mol. The first kappa shape index (κ1) is 12.5. The van der Waals surface area contributed by atoms with Crippen LogP contribution >= 0.6 is 0 Å². The highest BCUT2D eigenvalue weighted by molar-refractivity contribution is 5.75. The third-order valence-electron chi connectivity index (χ3n) is 2.31. The Morgan fingerprint density at radius 2 is 1.88 bits per heavy atom. The second-order valence-electron chi connectivity index (χ2n) is 3.85. The molecule has 4 nitrogen and oxygen atoms in total. The topological polar surface area (TPSA) is 78.3 Å². The lowest BCUT2D eigenvalue weighted by Gasteiger charge is -2.12. The molecule has 88 valence electrons. The van der Waals surface area contributed by atoms with Crippen molar-refractivity contribution in [3.63, 3.8) is 0 Å². The summed E-state index contributed by atoms with van der Waals surface area (Å²) in [6.07, 6.45) is 0.845. The van der Waals surface area contributed by atoms with E-state index < -0.39 is 5.91 Å². The van der Waals surface area contributed by atoms with Gasteiger partial charge < -0.3 is 16.2 Å². The number of aryl methyl sites for hydroxylation is 2. The van der Waals surface area contributed by atoms with Crippen LogP contribution in [0.3, 0.4) is 0 Å². The van der Waals surface area contributed by atoms with Gasteiger partial charge in [0, 0.05) is 0 Å². The zero-order chi connectivity index (χ0) is 12.1. The Morgan fingerprint density at radius 1 is 1.31 bits per heavy atom. The molecule has 16 heavy (non-hydrogen) atoms. The molecule has 0 aliphatic rings. The lowest BCUT2D eigenvalue weighted by Crippen LogP contribution is -2.20.